The third kappa shape index (κ3) is 2.82. The lowest BCUT2D eigenvalue weighted by Crippen LogP contribution is -2.44. The molecule has 2 aliphatic rings. The number of fused-ring (bicyclic) bond motifs is 1. The van der Waals surface area contributed by atoms with Gasteiger partial charge in [0.15, 0.2) is 18.2 Å². The smallest absolute Gasteiger partial charge is 0.191 e. The molecule has 0 aromatic heterocycles. The molecule has 4 atom stereocenters. The molecule has 2 aliphatic heterocycles. The number of alkyl halides is 1. The first-order valence-corrected chi connectivity index (χ1v) is 7.39. The normalized spacial score (nSPS) is 36.2. The Balaban J connectivity index is 1.63. The highest BCUT2D eigenvalue weighted by molar-refractivity contribution is 5.15. The molecule has 1 aromatic rings. The molecule has 22 heavy (non-hydrogen) atoms. The van der Waals surface area contributed by atoms with Crippen LogP contribution in [0.1, 0.15) is 19.4 Å². The molecule has 0 aliphatic carbocycles. The Morgan fingerprint density at radius 1 is 1.23 bits per heavy atom. The Bertz CT molecular complexity index is 533. The fourth-order valence-corrected chi connectivity index (χ4v) is 2.84. The first kappa shape index (κ1) is 15.6. The van der Waals surface area contributed by atoms with Gasteiger partial charge < -0.3 is 18.9 Å². The van der Waals surface area contributed by atoms with Crippen molar-refractivity contribution >= 4 is 0 Å². The van der Waals surface area contributed by atoms with Crippen molar-refractivity contribution in [1.29, 1.82) is 0 Å². The monoisotopic (exact) mass is 308 g/mol. The molecule has 2 heterocycles. The molecule has 1 aromatic carbocycles. The van der Waals surface area contributed by atoms with Crippen molar-refractivity contribution < 1.29 is 23.3 Å². The molecule has 2 fully saturated rings. The zero-order chi connectivity index (χ0) is 15.8. The van der Waals surface area contributed by atoms with E-state index in [0.717, 1.165) is 5.56 Å². The van der Waals surface area contributed by atoms with Gasteiger partial charge in [0.1, 0.15) is 11.7 Å². The summed E-state index contributed by atoms with van der Waals surface area (Å²) >= 11 is 0. The lowest BCUT2D eigenvalue weighted by Gasteiger charge is -2.30. The maximum Gasteiger partial charge on any atom is 0.191 e. The molecule has 0 radical (unpaired) electrons. The van der Waals surface area contributed by atoms with Crippen molar-refractivity contribution in [1.82, 2.24) is 0 Å². The average Bonchev–Trinajstić information content (AvgIpc) is 2.92. The van der Waals surface area contributed by atoms with E-state index in [4.69, 9.17) is 18.9 Å². The van der Waals surface area contributed by atoms with Crippen LogP contribution in [0, 0.1) is 0 Å². The predicted octanol–water partition coefficient (Wildman–Crippen LogP) is 2.97. The SMILES string of the molecule is C=C[C@]1(COCc2ccccc2)O[C@@H]2OC(C)(C)O[C@@H]2[C@@H]1F. The van der Waals surface area contributed by atoms with Crippen LogP contribution in [0.2, 0.25) is 0 Å². The Hall–Kier alpha value is -1.27. The molecule has 3 rings (SSSR count). The van der Waals surface area contributed by atoms with Crippen LogP contribution in [0.15, 0.2) is 43.0 Å². The van der Waals surface area contributed by atoms with Gasteiger partial charge in [-0.15, -0.1) is 6.58 Å². The maximum atomic E-state index is 14.8. The highest BCUT2D eigenvalue weighted by Gasteiger charge is 2.61. The Labute approximate surface area is 129 Å². The van der Waals surface area contributed by atoms with Crippen LogP contribution < -0.4 is 0 Å². The second-order valence-electron chi connectivity index (χ2n) is 6.13. The standard InChI is InChI=1S/C17H21FO4/c1-4-17(11-19-10-12-8-6-5-7-9-12)14(18)13-15(22-17)21-16(2,3)20-13/h4-9,13-15H,1,10-11H2,2-3H3/t13-,14+,15+,17-/m1/s1. The lowest BCUT2D eigenvalue weighted by atomic mass is 9.97. The highest BCUT2D eigenvalue weighted by atomic mass is 19.1. The topological polar surface area (TPSA) is 36.9 Å². The van der Waals surface area contributed by atoms with Crippen molar-refractivity contribution in [2.45, 2.75) is 50.4 Å². The molecule has 0 amide bonds. The summed E-state index contributed by atoms with van der Waals surface area (Å²) in [6.07, 6.45) is -1.43. The van der Waals surface area contributed by atoms with Crippen LogP contribution in [0.25, 0.3) is 0 Å². The van der Waals surface area contributed by atoms with E-state index in [1.165, 1.54) is 6.08 Å². The van der Waals surface area contributed by atoms with Crippen molar-refractivity contribution in [3.63, 3.8) is 0 Å². The van der Waals surface area contributed by atoms with Gasteiger partial charge in [0.2, 0.25) is 0 Å². The van der Waals surface area contributed by atoms with Crippen LogP contribution in [0.4, 0.5) is 4.39 Å². The molecule has 120 valence electrons. The Morgan fingerprint density at radius 2 is 1.95 bits per heavy atom. The minimum absolute atomic E-state index is 0.0622. The number of hydrogen-bond acceptors (Lipinski definition) is 4. The van der Waals surface area contributed by atoms with Gasteiger partial charge >= 0.3 is 0 Å². The number of rotatable bonds is 5. The van der Waals surface area contributed by atoms with E-state index in [9.17, 15) is 4.39 Å². The summed E-state index contributed by atoms with van der Waals surface area (Å²) in [5.74, 6) is -0.835. The molecule has 2 saturated heterocycles. The fraction of sp³-hybridized carbons (Fsp3) is 0.529. The van der Waals surface area contributed by atoms with Gasteiger partial charge in [0.25, 0.3) is 0 Å². The molecule has 0 unspecified atom stereocenters. The zero-order valence-corrected chi connectivity index (χ0v) is 12.8. The number of halogens is 1. The summed E-state index contributed by atoms with van der Waals surface area (Å²) in [4.78, 5) is 0. The van der Waals surface area contributed by atoms with E-state index >= 15 is 0 Å². The van der Waals surface area contributed by atoms with E-state index in [-0.39, 0.29) is 6.61 Å². The van der Waals surface area contributed by atoms with Crippen molar-refractivity contribution in [2.75, 3.05) is 6.61 Å². The van der Waals surface area contributed by atoms with E-state index in [1.54, 1.807) is 13.8 Å². The molecule has 0 N–H and O–H groups in total. The van der Waals surface area contributed by atoms with E-state index in [0.29, 0.717) is 6.61 Å². The largest absolute Gasteiger partial charge is 0.373 e. The third-order valence-electron chi connectivity index (χ3n) is 3.96. The lowest BCUT2D eigenvalue weighted by molar-refractivity contribution is -0.232. The van der Waals surface area contributed by atoms with E-state index < -0.39 is 30.0 Å². The first-order chi connectivity index (χ1) is 10.5. The average molecular weight is 308 g/mol. The van der Waals surface area contributed by atoms with Crippen molar-refractivity contribution in [3.05, 3.63) is 48.6 Å². The zero-order valence-electron chi connectivity index (χ0n) is 12.8. The Morgan fingerprint density at radius 3 is 2.59 bits per heavy atom. The van der Waals surface area contributed by atoms with Gasteiger partial charge in [0, 0.05) is 0 Å². The van der Waals surface area contributed by atoms with Crippen LogP contribution in [0.3, 0.4) is 0 Å². The van der Waals surface area contributed by atoms with Gasteiger partial charge in [-0.1, -0.05) is 36.4 Å². The second-order valence-corrected chi connectivity index (χ2v) is 6.13. The summed E-state index contributed by atoms with van der Waals surface area (Å²) in [7, 11) is 0. The van der Waals surface area contributed by atoms with E-state index in [2.05, 4.69) is 6.58 Å². The van der Waals surface area contributed by atoms with Gasteiger partial charge in [-0.25, -0.2) is 4.39 Å². The number of hydrogen-bond donors (Lipinski definition) is 0. The van der Waals surface area contributed by atoms with Crippen molar-refractivity contribution in [2.24, 2.45) is 0 Å². The molecule has 0 spiro atoms. The van der Waals surface area contributed by atoms with Crippen LogP contribution in [0.5, 0.6) is 0 Å². The molecule has 0 saturated carbocycles. The summed E-state index contributed by atoms with van der Waals surface area (Å²) < 4.78 is 37.3. The Kier molecular flexibility index (Phi) is 4.07. The van der Waals surface area contributed by atoms with Crippen LogP contribution in [-0.2, 0) is 25.6 Å². The summed E-state index contributed by atoms with van der Waals surface area (Å²) in [6.45, 7) is 7.62. The van der Waals surface area contributed by atoms with Gasteiger partial charge in [0.05, 0.1) is 13.2 Å². The van der Waals surface area contributed by atoms with Crippen LogP contribution >= 0.6 is 0 Å². The molecule has 0 bridgehead atoms. The molecule has 4 nitrogen and oxygen atoms in total. The highest BCUT2D eigenvalue weighted by Crippen LogP contribution is 2.44. The van der Waals surface area contributed by atoms with E-state index in [1.807, 2.05) is 30.3 Å². The predicted molar refractivity (Wildman–Crippen MR) is 78.8 cm³/mol. The molecular formula is C17H21FO4. The second kappa shape index (κ2) is 5.74. The minimum Gasteiger partial charge on any atom is -0.373 e. The maximum absolute atomic E-state index is 14.8. The fourth-order valence-electron chi connectivity index (χ4n) is 2.84. The summed E-state index contributed by atoms with van der Waals surface area (Å²) in [5, 5.41) is 0. The summed E-state index contributed by atoms with van der Waals surface area (Å²) in [5.41, 5.74) is -0.218. The number of ether oxygens (including phenoxy) is 4. The summed E-state index contributed by atoms with van der Waals surface area (Å²) in [6, 6.07) is 9.70. The van der Waals surface area contributed by atoms with Gasteiger partial charge in [-0.05, 0) is 19.4 Å². The van der Waals surface area contributed by atoms with Crippen molar-refractivity contribution in [3.8, 4) is 0 Å². The third-order valence-corrected chi connectivity index (χ3v) is 3.96. The molecule has 5 heteroatoms. The quantitative estimate of drug-likeness (QED) is 0.784. The van der Waals surface area contributed by atoms with Gasteiger partial charge in [-0.2, -0.15) is 0 Å². The number of benzene rings is 1. The molecular weight excluding hydrogens is 287 g/mol. The van der Waals surface area contributed by atoms with Crippen LogP contribution in [-0.4, -0.2) is 36.6 Å². The first-order valence-electron chi connectivity index (χ1n) is 7.39. The van der Waals surface area contributed by atoms with Gasteiger partial charge in [-0.3, -0.25) is 0 Å². The minimum atomic E-state index is -1.38.